The lowest BCUT2D eigenvalue weighted by atomic mass is 10.2. The molecule has 0 saturated carbocycles. The average Bonchev–Trinajstić information content (AvgIpc) is 2.56. The second kappa shape index (κ2) is 7.34. The van der Waals surface area contributed by atoms with Crippen molar-refractivity contribution in [2.45, 2.75) is 6.92 Å². The zero-order valence-electron chi connectivity index (χ0n) is 13.4. The Hall–Kier alpha value is -3.56. The molecule has 1 aromatic heterocycles. The quantitative estimate of drug-likeness (QED) is 0.480. The van der Waals surface area contributed by atoms with Crippen LogP contribution in [0.15, 0.2) is 35.1 Å². The Morgan fingerprint density at radius 1 is 1.32 bits per heavy atom. The number of esters is 1. The van der Waals surface area contributed by atoms with E-state index in [0.717, 1.165) is 10.7 Å². The van der Waals surface area contributed by atoms with Gasteiger partial charge in [-0.1, -0.05) is 0 Å². The number of aromatic nitrogens is 2. The molecule has 0 aliphatic heterocycles. The Kier molecular flexibility index (Phi) is 5.22. The normalized spacial score (nSPS) is 10.2. The zero-order chi connectivity index (χ0) is 18.6. The molecule has 0 fully saturated rings. The number of carbonyl (C=O) groups is 2. The minimum Gasteiger partial charge on any atom is -0.451 e. The second-order valence-electron chi connectivity index (χ2n) is 5.06. The lowest BCUT2D eigenvalue weighted by molar-refractivity contribution is -0.384. The van der Waals surface area contributed by atoms with Gasteiger partial charge in [0.25, 0.3) is 17.2 Å². The van der Waals surface area contributed by atoms with E-state index >= 15 is 0 Å². The number of non-ortho nitro benzene ring substituents is 1. The van der Waals surface area contributed by atoms with Crippen molar-refractivity contribution in [3.63, 3.8) is 0 Å². The summed E-state index contributed by atoms with van der Waals surface area (Å²) in [6, 6.07) is 6.31. The summed E-state index contributed by atoms with van der Waals surface area (Å²) in [7, 11) is 1.38. The molecule has 25 heavy (non-hydrogen) atoms. The van der Waals surface area contributed by atoms with Gasteiger partial charge in [-0.05, 0) is 24.6 Å². The Bertz CT molecular complexity index is 905. The molecular weight excluding hydrogens is 332 g/mol. The summed E-state index contributed by atoms with van der Waals surface area (Å²) in [6.45, 7) is 1.03. The summed E-state index contributed by atoms with van der Waals surface area (Å²) >= 11 is 0. The first kappa shape index (κ1) is 17.8. The number of hydrogen-bond donors (Lipinski definition) is 1. The van der Waals surface area contributed by atoms with E-state index in [9.17, 15) is 24.5 Å². The highest BCUT2D eigenvalue weighted by atomic mass is 16.6. The summed E-state index contributed by atoms with van der Waals surface area (Å²) in [4.78, 5) is 45.0. The van der Waals surface area contributed by atoms with Gasteiger partial charge in [0.1, 0.15) is 0 Å². The molecule has 2 rings (SSSR count). The minimum absolute atomic E-state index is 0.0947. The Labute approximate surface area is 141 Å². The fraction of sp³-hybridized carbons (Fsp3) is 0.200. The topological polar surface area (TPSA) is 133 Å². The largest absolute Gasteiger partial charge is 0.451 e. The maximum absolute atomic E-state index is 11.8. The van der Waals surface area contributed by atoms with Crippen LogP contribution in [0.1, 0.15) is 16.1 Å². The maximum atomic E-state index is 11.8. The number of aryl methyl sites for hydroxylation is 2. The molecule has 2 aromatic rings. The summed E-state index contributed by atoms with van der Waals surface area (Å²) in [5.74, 6) is -1.47. The van der Waals surface area contributed by atoms with Crippen LogP contribution in [0.4, 0.5) is 11.4 Å². The predicted molar refractivity (Wildman–Crippen MR) is 86.2 cm³/mol. The SMILES string of the molecule is Cc1cc([N+](=O)[O-])ccc1NC(=O)COC(=O)c1ccc(=O)n(C)n1. The highest BCUT2D eigenvalue weighted by Crippen LogP contribution is 2.21. The van der Waals surface area contributed by atoms with E-state index in [1.54, 1.807) is 6.92 Å². The third-order valence-corrected chi connectivity index (χ3v) is 3.20. The van der Waals surface area contributed by atoms with Gasteiger partial charge < -0.3 is 10.1 Å². The van der Waals surface area contributed by atoms with Crippen molar-refractivity contribution in [3.05, 3.63) is 62.1 Å². The molecule has 0 saturated heterocycles. The van der Waals surface area contributed by atoms with Crippen LogP contribution < -0.4 is 10.9 Å². The number of amides is 1. The molecule has 0 aliphatic carbocycles. The smallest absolute Gasteiger partial charge is 0.359 e. The van der Waals surface area contributed by atoms with Crippen molar-refractivity contribution in [2.75, 3.05) is 11.9 Å². The molecule has 0 spiro atoms. The Morgan fingerprint density at radius 3 is 2.64 bits per heavy atom. The van der Waals surface area contributed by atoms with E-state index in [1.807, 2.05) is 0 Å². The molecule has 0 bridgehead atoms. The fourth-order valence-electron chi connectivity index (χ4n) is 1.90. The van der Waals surface area contributed by atoms with Gasteiger partial charge in [0.2, 0.25) is 0 Å². The van der Waals surface area contributed by atoms with Crippen LogP contribution in [0.25, 0.3) is 0 Å². The molecule has 1 aromatic carbocycles. The molecule has 10 nitrogen and oxygen atoms in total. The molecule has 0 atom stereocenters. The second-order valence-corrected chi connectivity index (χ2v) is 5.06. The molecule has 0 unspecified atom stereocenters. The number of hydrogen-bond acceptors (Lipinski definition) is 7. The minimum atomic E-state index is -0.855. The fourth-order valence-corrected chi connectivity index (χ4v) is 1.90. The molecule has 0 aliphatic rings. The van der Waals surface area contributed by atoms with E-state index < -0.39 is 23.4 Å². The van der Waals surface area contributed by atoms with Crippen molar-refractivity contribution >= 4 is 23.3 Å². The molecule has 1 heterocycles. The number of ether oxygens (including phenoxy) is 1. The van der Waals surface area contributed by atoms with E-state index in [4.69, 9.17) is 4.74 Å². The van der Waals surface area contributed by atoms with E-state index in [2.05, 4.69) is 10.4 Å². The Balaban J connectivity index is 1.96. The number of benzene rings is 1. The first-order chi connectivity index (χ1) is 11.8. The van der Waals surface area contributed by atoms with Crippen molar-refractivity contribution in [3.8, 4) is 0 Å². The first-order valence-electron chi connectivity index (χ1n) is 7.04. The summed E-state index contributed by atoms with van der Waals surface area (Å²) in [5.41, 5.74) is 0.271. The van der Waals surface area contributed by atoms with Gasteiger partial charge in [0, 0.05) is 30.9 Å². The van der Waals surface area contributed by atoms with Crippen LogP contribution in [0.3, 0.4) is 0 Å². The number of nitrogens with one attached hydrogen (secondary N) is 1. The number of carbonyl (C=O) groups excluding carboxylic acids is 2. The van der Waals surface area contributed by atoms with Gasteiger partial charge in [-0.2, -0.15) is 5.10 Å². The molecule has 0 radical (unpaired) electrons. The molecule has 130 valence electrons. The van der Waals surface area contributed by atoms with Crippen LogP contribution in [-0.4, -0.2) is 33.2 Å². The number of nitro benzene ring substituents is 1. The van der Waals surface area contributed by atoms with Gasteiger partial charge >= 0.3 is 5.97 Å². The molecule has 1 amide bonds. The molecule has 1 N–H and O–H groups in total. The Morgan fingerprint density at radius 2 is 2.04 bits per heavy atom. The number of anilines is 1. The third kappa shape index (κ3) is 4.47. The highest BCUT2D eigenvalue weighted by Gasteiger charge is 2.14. The maximum Gasteiger partial charge on any atom is 0.359 e. The van der Waals surface area contributed by atoms with Gasteiger partial charge in [-0.25, -0.2) is 9.48 Å². The van der Waals surface area contributed by atoms with Crippen LogP contribution in [0, 0.1) is 17.0 Å². The van der Waals surface area contributed by atoms with Crippen LogP contribution >= 0.6 is 0 Å². The van der Waals surface area contributed by atoms with Gasteiger partial charge in [0.05, 0.1) is 4.92 Å². The van der Waals surface area contributed by atoms with Gasteiger partial charge in [-0.15, -0.1) is 0 Å². The van der Waals surface area contributed by atoms with E-state index in [1.165, 1.54) is 31.3 Å². The van der Waals surface area contributed by atoms with Crippen LogP contribution in [0.2, 0.25) is 0 Å². The summed E-state index contributed by atoms with van der Waals surface area (Å²) < 4.78 is 5.79. The third-order valence-electron chi connectivity index (χ3n) is 3.20. The van der Waals surface area contributed by atoms with Crippen molar-refractivity contribution < 1.29 is 19.2 Å². The van der Waals surface area contributed by atoms with E-state index in [0.29, 0.717) is 11.3 Å². The number of nitro groups is 1. The lowest BCUT2D eigenvalue weighted by Crippen LogP contribution is -2.24. The predicted octanol–water partition coefficient (Wildman–Crippen LogP) is 0.792. The summed E-state index contributed by atoms with van der Waals surface area (Å²) in [5, 5.41) is 16.9. The monoisotopic (exact) mass is 346 g/mol. The summed E-state index contributed by atoms with van der Waals surface area (Å²) in [6.07, 6.45) is 0. The average molecular weight is 346 g/mol. The number of rotatable bonds is 5. The standard InChI is InChI=1S/C15H14N4O6/c1-9-7-10(19(23)24)3-4-11(9)16-13(20)8-25-15(22)12-5-6-14(21)18(2)17-12/h3-7H,8H2,1-2H3,(H,16,20). The van der Waals surface area contributed by atoms with Gasteiger partial charge in [0.15, 0.2) is 12.3 Å². The zero-order valence-corrected chi connectivity index (χ0v) is 13.4. The van der Waals surface area contributed by atoms with Crippen molar-refractivity contribution in [1.82, 2.24) is 9.78 Å². The van der Waals surface area contributed by atoms with Crippen LogP contribution in [0.5, 0.6) is 0 Å². The van der Waals surface area contributed by atoms with Crippen LogP contribution in [-0.2, 0) is 16.6 Å². The highest BCUT2D eigenvalue weighted by molar-refractivity contribution is 5.95. The first-order valence-corrected chi connectivity index (χ1v) is 7.04. The lowest BCUT2D eigenvalue weighted by Gasteiger charge is -2.09. The molecule has 10 heteroatoms. The van der Waals surface area contributed by atoms with Crippen molar-refractivity contribution in [2.24, 2.45) is 7.05 Å². The number of nitrogens with zero attached hydrogens (tertiary/aromatic N) is 3. The van der Waals surface area contributed by atoms with E-state index in [-0.39, 0.29) is 16.9 Å². The van der Waals surface area contributed by atoms with Crippen molar-refractivity contribution in [1.29, 1.82) is 0 Å². The van der Waals surface area contributed by atoms with Gasteiger partial charge in [-0.3, -0.25) is 19.7 Å². The molecular formula is C15H14N4O6.